The van der Waals surface area contributed by atoms with E-state index >= 15 is 0 Å². The average molecular weight is 435 g/mol. The zero-order chi connectivity index (χ0) is 21.6. The van der Waals surface area contributed by atoms with Crippen molar-refractivity contribution in [1.29, 1.82) is 5.26 Å². The van der Waals surface area contributed by atoms with Crippen molar-refractivity contribution in [2.45, 2.75) is 13.1 Å². The number of carbonyl (C=O) groups excluding carboxylic acids is 2. The van der Waals surface area contributed by atoms with Gasteiger partial charge in [0.25, 0.3) is 5.91 Å². The van der Waals surface area contributed by atoms with E-state index in [9.17, 15) is 14.9 Å². The number of para-hydroxylation sites is 1. The summed E-state index contributed by atoms with van der Waals surface area (Å²) >= 11 is 1.55. The van der Waals surface area contributed by atoms with Crippen molar-refractivity contribution in [3.8, 4) is 6.07 Å². The smallest absolute Gasteiger partial charge is 0.262 e. The first kappa shape index (κ1) is 20.8. The fraction of sp³-hybridized carbons (Fsp3) is 0.261. The summed E-state index contributed by atoms with van der Waals surface area (Å²) in [6.07, 6.45) is 3.41. The number of nitrogens with one attached hydrogen (secondary N) is 1. The van der Waals surface area contributed by atoms with Gasteiger partial charge in [0.1, 0.15) is 18.2 Å². The molecule has 2 aromatic heterocycles. The number of morpholine rings is 1. The molecule has 7 nitrogen and oxygen atoms in total. The Labute approximate surface area is 184 Å². The number of rotatable bonds is 6. The molecule has 0 saturated carbocycles. The molecule has 3 heterocycles. The Bertz CT molecular complexity index is 1150. The summed E-state index contributed by atoms with van der Waals surface area (Å²) < 4.78 is 7.19. The molecule has 8 heteroatoms. The Kier molecular flexibility index (Phi) is 6.46. The largest absolute Gasteiger partial charge is 0.378 e. The van der Waals surface area contributed by atoms with Crippen molar-refractivity contribution >= 4 is 40.1 Å². The van der Waals surface area contributed by atoms with Gasteiger partial charge < -0.3 is 19.5 Å². The van der Waals surface area contributed by atoms with E-state index in [2.05, 4.69) is 5.32 Å². The Morgan fingerprint density at radius 2 is 2.00 bits per heavy atom. The van der Waals surface area contributed by atoms with Crippen LogP contribution >= 0.6 is 11.3 Å². The lowest BCUT2D eigenvalue weighted by atomic mass is 10.1. The lowest BCUT2D eigenvalue weighted by Gasteiger charge is -2.27. The van der Waals surface area contributed by atoms with Crippen LogP contribution in [0.1, 0.15) is 10.4 Å². The molecule has 0 radical (unpaired) electrons. The van der Waals surface area contributed by atoms with Gasteiger partial charge >= 0.3 is 0 Å². The van der Waals surface area contributed by atoms with E-state index in [-0.39, 0.29) is 18.0 Å². The van der Waals surface area contributed by atoms with Gasteiger partial charge in [-0.1, -0.05) is 24.3 Å². The molecule has 1 aliphatic rings. The van der Waals surface area contributed by atoms with Gasteiger partial charge in [-0.05, 0) is 23.6 Å². The highest BCUT2D eigenvalue weighted by atomic mass is 32.1. The van der Waals surface area contributed by atoms with Crippen molar-refractivity contribution in [3.63, 3.8) is 0 Å². The van der Waals surface area contributed by atoms with E-state index < -0.39 is 5.91 Å². The summed E-state index contributed by atoms with van der Waals surface area (Å²) in [6, 6.07) is 13.5. The quantitative estimate of drug-likeness (QED) is 0.477. The van der Waals surface area contributed by atoms with Crippen LogP contribution in [0.3, 0.4) is 0 Å². The van der Waals surface area contributed by atoms with E-state index in [1.807, 2.05) is 58.6 Å². The number of nitriles is 1. The number of nitrogens with zero attached hydrogens (tertiary/aromatic N) is 3. The fourth-order valence-electron chi connectivity index (χ4n) is 3.56. The molecule has 0 bridgehead atoms. The van der Waals surface area contributed by atoms with Gasteiger partial charge in [0.15, 0.2) is 0 Å². The van der Waals surface area contributed by atoms with Crippen LogP contribution in [0.15, 0.2) is 53.5 Å². The number of benzene rings is 1. The zero-order valence-corrected chi connectivity index (χ0v) is 17.7. The minimum absolute atomic E-state index is 0.0220. The Balaban J connectivity index is 1.57. The number of amides is 2. The first-order valence-electron chi connectivity index (χ1n) is 10.0. The van der Waals surface area contributed by atoms with Crippen LogP contribution in [0.25, 0.3) is 17.0 Å². The molecule has 0 unspecified atom stereocenters. The lowest BCUT2D eigenvalue weighted by molar-refractivity contribution is -0.135. The number of fused-ring (bicyclic) bond motifs is 1. The Morgan fingerprint density at radius 1 is 1.19 bits per heavy atom. The van der Waals surface area contributed by atoms with Crippen LogP contribution in [0.4, 0.5) is 0 Å². The van der Waals surface area contributed by atoms with E-state index in [0.717, 1.165) is 21.3 Å². The normalized spacial score (nSPS) is 14.4. The highest BCUT2D eigenvalue weighted by molar-refractivity contribution is 7.09. The van der Waals surface area contributed by atoms with Crippen LogP contribution in [-0.2, 0) is 27.4 Å². The molecular formula is C23H22N4O3S. The monoisotopic (exact) mass is 434 g/mol. The summed E-state index contributed by atoms with van der Waals surface area (Å²) in [5.74, 6) is -0.397. The molecule has 1 fully saturated rings. The molecule has 1 saturated heterocycles. The SMILES string of the molecule is N#C/C(=C\c1cn(CC(=O)N2CCOCC2)c2ccccc12)C(=O)NCc1cccs1. The summed E-state index contributed by atoms with van der Waals surface area (Å²) in [5.41, 5.74) is 1.64. The van der Waals surface area contributed by atoms with Crippen LogP contribution < -0.4 is 5.32 Å². The van der Waals surface area contributed by atoms with Gasteiger partial charge in [-0.15, -0.1) is 11.3 Å². The van der Waals surface area contributed by atoms with E-state index in [4.69, 9.17) is 4.74 Å². The van der Waals surface area contributed by atoms with Crippen molar-refractivity contribution in [2.75, 3.05) is 26.3 Å². The number of thiophene rings is 1. The van der Waals surface area contributed by atoms with Crippen LogP contribution in [0.5, 0.6) is 0 Å². The fourth-order valence-corrected chi connectivity index (χ4v) is 4.20. The third-order valence-electron chi connectivity index (χ3n) is 5.16. The standard InChI is InChI=1S/C23H22N4O3S/c24-13-17(23(29)25-14-19-4-3-11-31-19)12-18-15-27(21-6-2-1-5-20(18)21)16-22(28)26-7-9-30-10-8-26/h1-6,11-12,15H,7-10,14,16H2,(H,25,29)/b17-12+. The highest BCUT2D eigenvalue weighted by Crippen LogP contribution is 2.24. The predicted octanol–water partition coefficient (Wildman–Crippen LogP) is 2.78. The molecule has 0 spiro atoms. The molecule has 3 aromatic rings. The van der Waals surface area contributed by atoms with Gasteiger partial charge in [-0.2, -0.15) is 5.26 Å². The molecule has 0 atom stereocenters. The minimum atomic E-state index is -0.419. The molecule has 4 rings (SSSR count). The number of aromatic nitrogens is 1. The number of hydrogen-bond acceptors (Lipinski definition) is 5. The van der Waals surface area contributed by atoms with Crippen LogP contribution in [0, 0.1) is 11.3 Å². The van der Waals surface area contributed by atoms with Crippen LogP contribution in [-0.4, -0.2) is 47.6 Å². The van der Waals surface area contributed by atoms with E-state index in [0.29, 0.717) is 32.8 Å². The third-order valence-corrected chi connectivity index (χ3v) is 6.03. The van der Waals surface area contributed by atoms with Crippen molar-refractivity contribution in [1.82, 2.24) is 14.8 Å². The molecule has 1 N–H and O–H groups in total. The van der Waals surface area contributed by atoms with Crippen LogP contribution in [0.2, 0.25) is 0 Å². The molecule has 0 aliphatic carbocycles. The molecule has 1 aliphatic heterocycles. The van der Waals surface area contributed by atoms with Crippen molar-refractivity contribution in [3.05, 3.63) is 64.0 Å². The maximum atomic E-state index is 12.7. The van der Waals surface area contributed by atoms with Gasteiger partial charge in [0.2, 0.25) is 5.91 Å². The second kappa shape index (κ2) is 9.60. The average Bonchev–Trinajstić information content (AvgIpc) is 3.45. The molecule has 1 aromatic carbocycles. The predicted molar refractivity (Wildman–Crippen MR) is 119 cm³/mol. The van der Waals surface area contributed by atoms with E-state index in [1.54, 1.807) is 22.3 Å². The lowest BCUT2D eigenvalue weighted by Crippen LogP contribution is -2.42. The Hall–Kier alpha value is -3.41. The zero-order valence-electron chi connectivity index (χ0n) is 16.9. The summed E-state index contributed by atoms with van der Waals surface area (Å²) in [6.45, 7) is 2.87. The maximum absolute atomic E-state index is 12.7. The first-order chi connectivity index (χ1) is 15.2. The topological polar surface area (TPSA) is 87.4 Å². The second-order valence-electron chi connectivity index (χ2n) is 7.15. The van der Waals surface area contributed by atoms with Gasteiger partial charge in [-0.3, -0.25) is 9.59 Å². The number of ether oxygens (including phenoxy) is 1. The van der Waals surface area contributed by atoms with Crippen molar-refractivity contribution in [2.24, 2.45) is 0 Å². The third kappa shape index (κ3) is 4.85. The summed E-state index contributed by atoms with van der Waals surface area (Å²) in [4.78, 5) is 28.1. The van der Waals surface area contributed by atoms with Gasteiger partial charge in [0.05, 0.1) is 19.8 Å². The molecular weight excluding hydrogens is 412 g/mol. The molecule has 31 heavy (non-hydrogen) atoms. The molecule has 2 amide bonds. The maximum Gasteiger partial charge on any atom is 0.262 e. The highest BCUT2D eigenvalue weighted by Gasteiger charge is 2.19. The van der Waals surface area contributed by atoms with E-state index in [1.165, 1.54) is 0 Å². The number of hydrogen-bond donors (Lipinski definition) is 1. The van der Waals surface area contributed by atoms with Gasteiger partial charge in [-0.25, -0.2) is 0 Å². The second-order valence-corrected chi connectivity index (χ2v) is 8.19. The minimum Gasteiger partial charge on any atom is -0.378 e. The van der Waals surface area contributed by atoms with Gasteiger partial charge in [0, 0.05) is 40.6 Å². The summed E-state index contributed by atoms with van der Waals surface area (Å²) in [5, 5.41) is 15.2. The Morgan fingerprint density at radius 3 is 2.74 bits per heavy atom. The summed E-state index contributed by atoms with van der Waals surface area (Å²) in [7, 11) is 0. The number of carbonyl (C=O) groups is 2. The van der Waals surface area contributed by atoms with Crippen molar-refractivity contribution < 1.29 is 14.3 Å². The molecule has 158 valence electrons. The first-order valence-corrected chi connectivity index (χ1v) is 10.9.